The van der Waals surface area contributed by atoms with Crippen LogP contribution in [-0.4, -0.2) is 16.1 Å². The van der Waals surface area contributed by atoms with Crippen molar-refractivity contribution < 1.29 is 4.79 Å². The van der Waals surface area contributed by atoms with Crippen LogP contribution in [-0.2, 0) is 6.54 Å². The maximum absolute atomic E-state index is 10.4. The molecule has 0 aliphatic carbocycles. The number of nitrogens with zero attached hydrogens (tertiary/aromatic N) is 2. The van der Waals surface area contributed by atoms with Gasteiger partial charge in [0.25, 0.3) is 0 Å². The molecule has 2 aromatic rings. The van der Waals surface area contributed by atoms with Crippen molar-refractivity contribution in [1.29, 1.82) is 0 Å². The smallest absolute Gasteiger partial charge is 0.153 e. The van der Waals surface area contributed by atoms with Crippen LogP contribution in [0, 0.1) is 0 Å². The fourth-order valence-electron chi connectivity index (χ4n) is 1.30. The Bertz CT molecular complexity index is 462. The van der Waals surface area contributed by atoms with E-state index < -0.39 is 0 Å². The van der Waals surface area contributed by atoms with Gasteiger partial charge in [0.05, 0.1) is 18.3 Å². The molecule has 1 aromatic heterocycles. The summed E-state index contributed by atoms with van der Waals surface area (Å²) in [5, 5.41) is 4.77. The minimum absolute atomic E-state index is 0.587. The Balaban J connectivity index is 2.14. The van der Waals surface area contributed by atoms with Crippen LogP contribution >= 0.6 is 11.6 Å². The number of rotatable bonds is 3. The van der Waals surface area contributed by atoms with Gasteiger partial charge in [0, 0.05) is 11.2 Å². The molecule has 0 saturated carbocycles. The van der Waals surface area contributed by atoms with Crippen LogP contribution in [0.4, 0.5) is 0 Å². The molecule has 0 amide bonds. The number of benzene rings is 1. The lowest BCUT2D eigenvalue weighted by atomic mass is 10.2. The largest absolute Gasteiger partial charge is 0.298 e. The van der Waals surface area contributed by atoms with E-state index in [0.717, 1.165) is 11.8 Å². The molecule has 4 heteroatoms. The topological polar surface area (TPSA) is 34.9 Å². The van der Waals surface area contributed by atoms with Crippen LogP contribution in [0.2, 0.25) is 5.02 Å². The minimum atomic E-state index is 0.587. The molecule has 1 heterocycles. The Morgan fingerprint density at radius 3 is 2.67 bits per heavy atom. The van der Waals surface area contributed by atoms with E-state index in [1.807, 2.05) is 24.3 Å². The Kier molecular flexibility index (Phi) is 2.83. The van der Waals surface area contributed by atoms with Crippen molar-refractivity contribution in [1.82, 2.24) is 9.78 Å². The van der Waals surface area contributed by atoms with Crippen LogP contribution < -0.4 is 0 Å². The van der Waals surface area contributed by atoms with E-state index >= 15 is 0 Å². The first kappa shape index (κ1) is 9.93. The van der Waals surface area contributed by atoms with Gasteiger partial charge in [-0.1, -0.05) is 23.7 Å². The molecule has 0 aliphatic rings. The molecule has 0 aliphatic heterocycles. The lowest BCUT2D eigenvalue weighted by Gasteiger charge is -2.01. The zero-order valence-electron chi connectivity index (χ0n) is 7.93. The van der Waals surface area contributed by atoms with Crippen molar-refractivity contribution in [2.75, 3.05) is 0 Å². The Morgan fingerprint density at radius 1 is 1.33 bits per heavy atom. The summed E-state index contributed by atoms with van der Waals surface area (Å²) in [6.07, 6.45) is 4.04. The van der Waals surface area contributed by atoms with Crippen LogP contribution in [0.25, 0.3) is 0 Å². The Morgan fingerprint density at radius 2 is 2.07 bits per heavy atom. The molecular weight excluding hydrogens is 212 g/mol. The van der Waals surface area contributed by atoms with Gasteiger partial charge in [-0.2, -0.15) is 5.10 Å². The first-order chi connectivity index (χ1) is 7.28. The molecule has 0 fully saturated rings. The maximum Gasteiger partial charge on any atom is 0.153 e. The molecule has 0 atom stereocenters. The van der Waals surface area contributed by atoms with Gasteiger partial charge < -0.3 is 0 Å². The van der Waals surface area contributed by atoms with Crippen LogP contribution in [0.5, 0.6) is 0 Å². The molecule has 2 rings (SSSR count). The van der Waals surface area contributed by atoms with E-state index in [0.29, 0.717) is 17.1 Å². The van der Waals surface area contributed by atoms with Crippen molar-refractivity contribution >= 4 is 17.9 Å². The predicted octanol–water partition coefficient (Wildman–Crippen LogP) is 2.40. The van der Waals surface area contributed by atoms with E-state index in [-0.39, 0.29) is 0 Å². The summed E-state index contributed by atoms with van der Waals surface area (Å²) >= 11 is 5.77. The van der Waals surface area contributed by atoms with Gasteiger partial charge >= 0.3 is 0 Å². The van der Waals surface area contributed by atoms with Crippen molar-refractivity contribution in [3.8, 4) is 0 Å². The minimum Gasteiger partial charge on any atom is -0.298 e. The second-order valence-corrected chi connectivity index (χ2v) is 3.65. The zero-order valence-corrected chi connectivity index (χ0v) is 8.69. The molecular formula is C11H9ClN2O. The fraction of sp³-hybridized carbons (Fsp3) is 0.0909. The van der Waals surface area contributed by atoms with Gasteiger partial charge in [-0.3, -0.25) is 9.48 Å². The van der Waals surface area contributed by atoms with Crippen LogP contribution in [0.15, 0.2) is 36.7 Å². The van der Waals surface area contributed by atoms with Gasteiger partial charge in [0.1, 0.15) is 0 Å². The monoisotopic (exact) mass is 220 g/mol. The lowest BCUT2D eigenvalue weighted by Crippen LogP contribution is -1.99. The first-order valence-electron chi connectivity index (χ1n) is 4.50. The Labute approximate surface area is 92.3 Å². The molecule has 15 heavy (non-hydrogen) atoms. The third kappa shape index (κ3) is 2.44. The van der Waals surface area contributed by atoms with E-state index in [1.165, 1.54) is 0 Å². The lowest BCUT2D eigenvalue weighted by molar-refractivity contribution is 0.112. The molecule has 76 valence electrons. The summed E-state index contributed by atoms with van der Waals surface area (Å²) in [5.74, 6) is 0. The summed E-state index contributed by atoms with van der Waals surface area (Å²) in [5.41, 5.74) is 1.68. The highest BCUT2D eigenvalue weighted by molar-refractivity contribution is 6.30. The number of carbonyl (C=O) groups excluding carboxylic acids is 1. The maximum atomic E-state index is 10.4. The zero-order chi connectivity index (χ0) is 10.7. The van der Waals surface area contributed by atoms with Crippen molar-refractivity contribution in [3.05, 3.63) is 52.8 Å². The number of carbonyl (C=O) groups is 1. The Hall–Kier alpha value is -1.61. The second-order valence-electron chi connectivity index (χ2n) is 3.22. The van der Waals surface area contributed by atoms with E-state index in [4.69, 9.17) is 11.6 Å². The number of aromatic nitrogens is 2. The third-order valence-electron chi connectivity index (χ3n) is 2.05. The summed E-state index contributed by atoms with van der Waals surface area (Å²) in [4.78, 5) is 10.4. The van der Waals surface area contributed by atoms with Gasteiger partial charge in [-0.15, -0.1) is 0 Å². The van der Waals surface area contributed by atoms with Gasteiger partial charge in [-0.05, 0) is 17.7 Å². The van der Waals surface area contributed by atoms with E-state index in [1.54, 1.807) is 17.1 Å². The number of hydrogen-bond donors (Lipinski definition) is 0. The SMILES string of the molecule is O=Cc1cnn(Cc2ccc(Cl)cc2)c1. The third-order valence-corrected chi connectivity index (χ3v) is 2.30. The normalized spacial score (nSPS) is 10.2. The highest BCUT2D eigenvalue weighted by Crippen LogP contribution is 2.10. The van der Waals surface area contributed by atoms with Crippen LogP contribution in [0.3, 0.4) is 0 Å². The molecule has 1 aromatic carbocycles. The van der Waals surface area contributed by atoms with E-state index in [9.17, 15) is 4.79 Å². The standard InChI is InChI=1S/C11H9ClN2O/c12-11-3-1-9(2-4-11)6-14-7-10(8-15)5-13-14/h1-5,7-8H,6H2. The quantitative estimate of drug-likeness (QED) is 0.745. The summed E-state index contributed by atoms with van der Waals surface area (Å²) in [6.45, 7) is 0.644. The van der Waals surface area contributed by atoms with Gasteiger partial charge in [0.2, 0.25) is 0 Å². The molecule has 0 radical (unpaired) electrons. The average Bonchev–Trinajstić information content (AvgIpc) is 2.69. The second kappa shape index (κ2) is 4.28. The molecule has 0 N–H and O–H groups in total. The molecule has 3 nitrogen and oxygen atoms in total. The van der Waals surface area contributed by atoms with E-state index in [2.05, 4.69) is 5.10 Å². The summed E-state index contributed by atoms with van der Waals surface area (Å²) < 4.78 is 1.72. The van der Waals surface area contributed by atoms with Crippen molar-refractivity contribution in [2.24, 2.45) is 0 Å². The summed E-state index contributed by atoms with van der Waals surface area (Å²) in [6, 6.07) is 7.54. The highest BCUT2D eigenvalue weighted by Gasteiger charge is 1.98. The average molecular weight is 221 g/mol. The highest BCUT2D eigenvalue weighted by atomic mass is 35.5. The van der Waals surface area contributed by atoms with Gasteiger partial charge in [0.15, 0.2) is 6.29 Å². The number of aldehydes is 1. The van der Waals surface area contributed by atoms with Crippen molar-refractivity contribution in [3.63, 3.8) is 0 Å². The number of hydrogen-bond acceptors (Lipinski definition) is 2. The predicted molar refractivity (Wildman–Crippen MR) is 58.2 cm³/mol. The van der Waals surface area contributed by atoms with Crippen LogP contribution in [0.1, 0.15) is 15.9 Å². The molecule has 0 spiro atoms. The van der Waals surface area contributed by atoms with Gasteiger partial charge in [-0.25, -0.2) is 0 Å². The van der Waals surface area contributed by atoms with Crippen molar-refractivity contribution in [2.45, 2.75) is 6.54 Å². The molecule has 0 bridgehead atoms. The summed E-state index contributed by atoms with van der Waals surface area (Å²) in [7, 11) is 0. The number of halogens is 1. The molecule has 0 unspecified atom stereocenters. The first-order valence-corrected chi connectivity index (χ1v) is 4.88. The fourth-order valence-corrected chi connectivity index (χ4v) is 1.43. The molecule has 0 saturated heterocycles.